The van der Waals surface area contributed by atoms with Crippen molar-refractivity contribution in [2.45, 2.75) is 43.7 Å². The highest BCUT2D eigenvalue weighted by Crippen LogP contribution is 2.39. The number of likely N-dealkylation sites (tertiary alicyclic amines) is 2. The van der Waals surface area contributed by atoms with E-state index in [4.69, 9.17) is 4.74 Å². The number of anilines is 2. The molecule has 2 aromatic rings. The fraction of sp³-hybridized carbons (Fsp3) is 0.500. The lowest BCUT2D eigenvalue weighted by Crippen LogP contribution is -2.53. The van der Waals surface area contributed by atoms with Gasteiger partial charge in [0.15, 0.2) is 0 Å². The summed E-state index contributed by atoms with van der Waals surface area (Å²) in [5, 5.41) is 18.3. The van der Waals surface area contributed by atoms with Gasteiger partial charge in [-0.3, -0.25) is 24.7 Å². The van der Waals surface area contributed by atoms with Crippen LogP contribution in [-0.2, 0) is 4.74 Å². The summed E-state index contributed by atoms with van der Waals surface area (Å²) in [7, 11) is 1.76. The number of hydrogen-bond donors (Lipinski definition) is 2. The van der Waals surface area contributed by atoms with E-state index in [0.717, 1.165) is 38.0 Å². The van der Waals surface area contributed by atoms with Gasteiger partial charge in [-0.1, -0.05) is 15.9 Å². The second-order valence-electron chi connectivity index (χ2n) is 10.1. The lowest BCUT2D eigenvalue weighted by molar-refractivity contribution is -0.384. The SMILES string of the molecule is CNc1cncc(C(=O)N2CCC[C@@H](Nc3c(C(=O)N4CCC5(CCO5)CC4)cc(Br)cc3[N+](=O)[O-])C2)c1. The third kappa shape index (κ3) is 5.32. The number of halogens is 1. The summed E-state index contributed by atoms with van der Waals surface area (Å²) in [5.41, 5.74) is 1.38. The third-order valence-electron chi connectivity index (χ3n) is 7.77. The lowest BCUT2D eigenvalue weighted by Gasteiger charge is -2.47. The first-order valence-corrected chi connectivity index (χ1v) is 13.7. The Kier molecular flexibility index (Phi) is 7.53. The summed E-state index contributed by atoms with van der Waals surface area (Å²) in [6, 6.07) is 4.54. The Morgan fingerprint density at radius 2 is 1.89 bits per heavy atom. The number of rotatable bonds is 6. The fourth-order valence-corrected chi connectivity index (χ4v) is 5.94. The molecule has 3 aliphatic heterocycles. The number of ether oxygens (including phenoxy) is 1. The molecule has 3 fully saturated rings. The van der Waals surface area contributed by atoms with Crippen molar-refractivity contribution in [1.29, 1.82) is 0 Å². The number of benzene rings is 1. The highest BCUT2D eigenvalue weighted by atomic mass is 79.9. The lowest BCUT2D eigenvalue weighted by atomic mass is 9.84. The van der Waals surface area contributed by atoms with Gasteiger partial charge in [-0.25, -0.2) is 0 Å². The Morgan fingerprint density at radius 1 is 1.13 bits per heavy atom. The van der Waals surface area contributed by atoms with Crippen LogP contribution in [0.1, 0.15) is 52.8 Å². The average Bonchev–Trinajstić information content (AvgIpc) is 2.92. The number of nitrogens with one attached hydrogen (secondary N) is 2. The molecule has 12 heteroatoms. The van der Waals surface area contributed by atoms with Crippen molar-refractivity contribution in [2.24, 2.45) is 0 Å². The highest BCUT2D eigenvalue weighted by Gasteiger charge is 2.42. The molecule has 11 nitrogen and oxygen atoms in total. The van der Waals surface area contributed by atoms with E-state index in [1.807, 2.05) is 0 Å². The van der Waals surface area contributed by atoms with E-state index < -0.39 is 4.92 Å². The topological polar surface area (TPSA) is 130 Å². The molecule has 5 rings (SSSR count). The van der Waals surface area contributed by atoms with Gasteiger partial charge in [0.05, 0.1) is 33.9 Å². The first-order chi connectivity index (χ1) is 18.3. The van der Waals surface area contributed by atoms with Gasteiger partial charge in [0.25, 0.3) is 17.5 Å². The predicted octanol–water partition coefficient (Wildman–Crippen LogP) is 3.91. The first-order valence-electron chi connectivity index (χ1n) is 12.9. The van der Waals surface area contributed by atoms with Crippen LogP contribution in [-0.4, -0.2) is 83.0 Å². The van der Waals surface area contributed by atoms with E-state index in [0.29, 0.717) is 42.6 Å². The normalized spacial score (nSPS) is 20.5. The molecule has 4 heterocycles. The summed E-state index contributed by atoms with van der Waals surface area (Å²) >= 11 is 3.35. The number of nitro groups is 1. The molecule has 0 bridgehead atoms. The van der Waals surface area contributed by atoms with E-state index in [-0.39, 0.29) is 40.4 Å². The van der Waals surface area contributed by atoms with E-state index >= 15 is 0 Å². The molecule has 0 aliphatic carbocycles. The molecular weight excluding hydrogens is 556 g/mol. The molecular formula is C26H31BrN6O5. The fourth-order valence-electron chi connectivity index (χ4n) is 5.49. The molecule has 3 aliphatic rings. The van der Waals surface area contributed by atoms with Crippen molar-refractivity contribution in [2.75, 3.05) is 50.5 Å². The van der Waals surface area contributed by atoms with Gasteiger partial charge in [0.1, 0.15) is 5.69 Å². The average molecular weight is 587 g/mol. The predicted molar refractivity (Wildman–Crippen MR) is 146 cm³/mol. The zero-order valence-electron chi connectivity index (χ0n) is 21.2. The summed E-state index contributed by atoms with van der Waals surface area (Å²) in [4.78, 5) is 46.0. The van der Waals surface area contributed by atoms with E-state index in [2.05, 4.69) is 31.5 Å². The number of carbonyl (C=O) groups is 2. The maximum Gasteiger partial charge on any atom is 0.294 e. The Balaban J connectivity index is 1.36. The minimum Gasteiger partial charge on any atom is -0.387 e. The van der Waals surface area contributed by atoms with Crippen LogP contribution in [0, 0.1) is 10.1 Å². The largest absolute Gasteiger partial charge is 0.387 e. The van der Waals surface area contributed by atoms with Gasteiger partial charge in [0, 0.05) is 62.2 Å². The Morgan fingerprint density at radius 3 is 2.55 bits per heavy atom. The van der Waals surface area contributed by atoms with Gasteiger partial charge in [-0.15, -0.1) is 0 Å². The van der Waals surface area contributed by atoms with Crippen molar-refractivity contribution in [1.82, 2.24) is 14.8 Å². The van der Waals surface area contributed by atoms with Crippen LogP contribution in [0.5, 0.6) is 0 Å². The minimum atomic E-state index is -0.474. The maximum atomic E-state index is 13.6. The molecule has 202 valence electrons. The molecule has 1 atom stereocenters. The van der Waals surface area contributed by atoms with E-state index in [1.54, 1.807) is 35.2 Å². The van der Waals surface area contributed by atoms with Gasteiger partial charge in [0.2, 0.25) is 0 Å². The van der Waals surface area contributed by atoms with Crippen LogP contribution in [0.4, 0.5) is 17.1 Å². The van der Waals surface area contributed by atoms with Crippen molar-refractivity contribution in [3.05, 3.63) is 56.3 Å². The van der Waals surface area contributed by atoms with Gasteiger partial charge in [-0.2, -0.15) is 0 Å². The van der Waals surface area contributed by atoms with Crippen LogP contribution >= 0.6 is 15.9 Å². The molecule has 0 radical (unpaired) electrons. The number of amides is 2. The van der Waals surface area contributed by atoms with Crippen molar-refractivity contribution < 1.29 is 19.2 Å². The molecule has 1 spiro atoms. The van der Waals surface area contributed by atoms with Gasteiger partial charge < -0.3 is 25.2 Å². The highest BCUT2D eigenvalue weighted by molar-refractivity contribution is 9.10. The van der Waals surface area contributed by atoms with Crippen LogP contribution in [0.3, 0.4) is 0 Å². The second-order valence-corrected chi connectivity index (χ2v) is 11.0. The number of carbonyl (C=O) groups excluding carboxylic acids is 2. The molecule has 2 amide bonds. The molecule has 2 N–H and O–H groups in total. The van der Waals surface area contributed by atoms with E-state index in [1.165, 1.54) is 12.3 Å². The molecule has 0 saturated carbocycles. The Bertz CT molecular complexity index is 1240. The molecule has 1 aromatic heterocycles. The number of nitro benzene ring substituents is 1. The summed E-state index contributed by atoms with van der Waals surface area (Å²) in [6.45, 7) is 2.78. The molecule has 1 aromatic carbocycles. The second kappa shape index (κ2) is 10.9. The standard InChI is InChI=1S/C26H31BrN6O5/c1-28-20-11-17(14-29-15-20)24(34)32-7-2-3-19(16-32)30-23-21(12-18(27)13-22(23)33(36)37)25(35)31-8-4-26(5-9-31)6-10-38-26/h11-15,19,28,30H,2-10,16H2,1H3/t19-/m1/s1. The van der Waals surface area contributed by atoms with Crippen LogP contribution < -0.4 is 10.6 Å². The van der Waals surface area contributed by atoms with E-state index in [9.17, 15) is 19.7 Å². The molecule has 38 heavy (non-hydrogen) atoms. The quantitative estimate of drug-likeness (QED) is 0.385. The summed E-state index contributed by atoms with van der Waals surface area (Å²) < 4.78 is 6.24. The van der Waals surface area contributed by atoms with Crippen molar-refractivity contribution >= 4 is 44.8 Å². The first kappa shape index (κ1) is 26.4. The zero-order chi connectivity index (χ0) is 26.9. The van der Waals surface area contributed by atoms with Crippen LogP contribution in [0.2, 0.25) is 0 Å². The maximum absolute atomic E-state index is 13.6. The molecule has 0 unspecified atom stereocenters. The van der Waals surface area contributed by atoms with Crippen LogP contribution in [0.15, 0.2) is 35.1 Å². The zero-order valence-corrected chi connectivity index (χ0v) is 22.8. The third-order valence-corrected chi connectivity index (χ3v) is 8.23. The number of nitrogens with zero attached hydrogens (tertiary/aromatic N) is 4. The van der Waals surface area contributed by atoms with Crippen LogP contribution in [0.25, 0.3) is 0 Å². The smallest absolute Gasteiger partial charge is 0.294 e. The van der Waals surface area contributed by atoms with Crippen molar-refractivity contribution in [3.63, 3.8) is 0 Å². The summed E-state index contributed by atoms with van der Waals surface area (Å²) in [5.74, 6) is -0.395. The Hall–Kier alpha value is -3.25. The Labute approximate surface area is 229 Å². The minimum absolute atomic E-state index is 0.110. The number of piperidine rings is 2. The van der Waals surface area contributed by atoms with Crippen molar-refractivity contribution in [3.8, 4) is 0 Å². The number of pyridine rings is 1. The number of hydrogen-bond acceptors (Lipinski definition) is 8. The monoisotopic (exact) mass is 586 g/mol. The summed E-state index contributed by atoms with van der Waals surface area (Å²) in [6.07, 6.45) is 7.16. The number of aromatic nitrogens is 1. The van der Waals surface area contributed by atoms with Gasteiger partial charge in [-0.05, 0) is 44.2 Å². The van der Waals surface area contributed by atoms with Gasteiger partial charge >= 0.3 is 0 Å². The molecule has 3 saturated heterocycles.